The van der Waals surface area contributed by atoms with Crippen LogP contribution in [-0.4, -0.2) is 19.9 Å². The third-order valence-corrected chi connectivity index (χ3v) is 9.10. The number of fused-ring (bicyclic) bond motifs is 3. The molecule has 0 aliphatic rings. The molecule has 4 heteroatoms. The molecule has 9 aromatic rings. The van der Waals surface area contributed by atoms with Crippen LogP contribution in [0.2, 0.25) is 0 Å². The second-order valence-corrected chi connectivity index (χ2v) is 12.1. The van der Waals surface area contributed by atoms with Gasteiger partial charge in [-0.3, -0.25) is 0 Å². The van der Waals surface area contributed by atoms with Crippen LogP contribution in [0.25, 0.3) is 89.4 Å². The lowest BCUT2D eigenvalue weighted by Gasteiger charge is -2.10. The number of hydrogen-bond donors (Lipinski definition) is 1. The summed E-state index contributed by atoms with van der Waals surface area (Å²) in [5.41, 5.74) is 12.1. The van der Waals surface area contributed by atoms with Crippen molar-refractivity contribution >= 4 is 21.8 Å². The monoisotopic (exact) mass is 626 g/mol. The van der Waals surface area contributed by atoms with Crippen molar-refractivity contribution < 1.29 is 0 Å². The number of hydrogen-bond acceptors (Lipinski definition) is 3. The summed E-state index contributed by atoms with van der Waals surface area (Å²) in [4.78, 5) is 18.7. The number of rotatable bonds is 6. The van der Waals surface area contributed by atoms with Gasteiger partial charge in [0.25, 0.3) is 0 Å². The summed E-state index contributed by atoms with van der Waals surface area (Å²) < 4.78 is 0. The molecule has 0 radical (unpaired) electrons. The molecule has 230 valence electrons. The van der Waals surface area contributed by atoms with Crippen molar-refractivity contribution in [1.82, 2.24) is 19.9 Å². The summed E-state index contributed by atoms with van der Waals surface area (Å²) in [7, 11) is 0. The largest absolute Gasteiger partial charge is 0.353 e. The van der Waals surface area contributed by atoms with Gasteiger partial charge in [-0.1, -0.05) is 170 Å². The zero-order valence-corrected chi connectivity index (χ0v) is 26.6. The highest BCUT2D eigenvalue weighted by Gasteiger charge is 2.16. The Kier molecular flexibility index (Phi) is 7.10. The minimum atomic E-state index is 0.639. The number of aromatic nitrogens is 4. The number of nitrogens with zero attached hydrogens (tertiary/aromatic N) is 3. The van der Waals surface area contributed by atoms with Crippen molar-refractivity contribution in [2.24, 2.45) is 0 Å². The first kappa shape index (κ1) is 28.6. The topological polar surface area (TPSA) is 54.5 Å². The molecule has 0 aliphatic heterocycles. The number of nitrogens with one attached hydrogen (secondary N) is 1. The van der Waals surface area contributed by atoms with E-state index in [0.717, 1.165) is 38.9 Å². The third kappa shape index (κ3) is 5.35. The molecule has 0 saturated heterocycles. The minimum absolute atomic E-state index is 0.639. The molecule has 0 bridgehead atoms. The standard InChI is InChI=1S/C45H30N4/c1-4-13-30(14-5-1)31-25-27-32(28-26-31)37-21-11-23-39-40-24-12-22-38(42(40)46-41(37)39)35-19-10-20-36(29-35)45-48-43(33-15-6-2-7-16-33)47-44(49-45)34-17-8-3-9-18-34/h1-29,46H. The Labute approximate surface area is 284 Å². The fraction of sp³-hybridized carbons (Fsp3) is 0. The van der Waals surface area contributed by atoms with Gasteiger partial charge in [0.2, 0.25) is 0 Å². The highest BCUT2D eigenvalue weighted by Crippen LogP contribution is 2.38. The van der Waals surface area contributed by atoms with E-state index in [2.05, 4.69) is 120 Å². The van der Waals surface area contributed by atoms with E-state index >= 15 is 0 Å². The van der Waals surface area contributed by atoms with E-state index in [1.807, 2.05) is 60.7 Å². The molecule has 0 aliphatic carbocycles. The van der Waals surface area contributed by atoms with E-state index in [9.17, 15) is 0 Å². The van der Waals surface area contributed by atoms with Crippen LogP contribution in [-0.2, 0) is 0 Å². The van der Waals surface area contributed by atoms with Crippen molar-refractivity contribution in [3.63, 3.8) is 0 Å². The average molecular weight is 627 g/mol. The summed E-state index contributed by atoms with van der Waals surface area (Å²) in [5, 5.41) is 2.40. The van der Waals surface area contributed by atoms with Crippen molar-refractivity contribution in [3.8, 4) is 67.5 Å². The second kappa shape index (κ2) is 12.2. The van der Waals surface area contributed by atoms with Gasteiger partial charge in [0.05, 0.1) is 11.0 Å². The lowest BCUT2D eigenvalue weighted by molar-refractivity contribution is 1.07. The van der Waals surface area contributed by atoms with Gasteiger partial charge in [0, 0.05) is 38.6 Å². The van der Waals surface area contributed by atoms with E-state index in [0.29, 0.717) is 17.5 Å². The predicted octanol–water partition coefficient (Wildman–Crippen LogP) is 11.5. The summed E-state index contributed by atoms with van der Waals surface area (Å²) in [6.45, 7) is 0. The summed E-state index contributed by atoms with van der Waals surface area (Å²) >= 11 is 0. The Hall–Kier alpha value is -6.65. The van der Waals surface area contributed by atoms with Gasteiger partial charge in [-0.05, 0) is 28.3 Å². The fourth-order valence-corrected chi connectivity index (χ4v) is 6.67. The van der Waals surface area contributed by atoms with Crippen LogP contribution >= 0.6 is 0 Å². The van der Waals surface area contributed by atoms with Crippen LogP contribution in [0.15, 0.2) is 176 Å². The first-order valence-corrected chi connectivity index (χ1v) is 16.5. The molecule has 7 aromatic carbocycles. The quantitative estimate of drug-likeness (QED) is 0.200. The van der Waals surface area contributed by atoms with E-state index in [1.54, 1.807) is 0 Å². The average Bonchev–Trinajstić information content (AvgIpc) is 3.58. The highest BCUT2D eigenvalue weighted by atomic mass is 15.0. The van der Waals surface area contributed by atoms with E-state index in [1.165, 1.54) is 33.0 Å². The molecule has 0 unspecified atom stereocenters. The maximum Gasteiger partial charge on any atom is 0.164 e. The van der Waals surface area contributed by atoms with E-state index in [-0.39, 0.29) is 0 Å². The van der Waals surface area contributed by atoms with Crippen LogP contribution in [0, 0.1) is 0 Å². The van der Waals surface area contributed by atoms with E-state index < -0.39 is 0 Å². The number of aromatic amines is 1. The molecule has 2 heterocycles. The molecular formula is C45H30N4. The van der Waals surface area contributed by atoms with Crippen molar-refractivity contribution in [2.75, 3.05) is 0 Å². The highest BCUT2D eigenvalue weighted by molar-refractivity contribution is 6.15. The normalized spacial score (nSPS) is 11.3. The first-order valence-electron chi connectivity index (χ1n) is 16.5. The molecule has 0 amide bonds. The summed E-state index contributed by atoms with van der Waals surface area (Å²) in [6, 6.07) is 61.1. The number of benzene rings is 7. The van der Waals surface area contributed by atoms with Crippen LogP contribution < -0.4 is 0 Å². The molecule has 49 heavy (non-hydrogen) atoms. The number of para-hydroxylation sites is 2. The molecule has 2 aromatic heterocycles. The lowest BCUT2D eigenvalue weighted by atomic mass is 9.98. The molecule has 4 nitrogen and oxygen atoms in total. The first-order chi connectivity index (χ1) is 24.3. The van der Waals surface area contributed by atoms with Crippen LogP contribution in [0.4, 0.5) is 0 Å². The second-order valence-electron chi connectivity index (χ2n) is 12.1. The molecule has 0 fully saturated rings. The van der Waals surface area contributed by atoms with Gasteiger partial charge in [0.1, 0.15) is 0 Å². The van der Waals surface area contributed by atoms with E-state index in [4.69, 9.17) is 15.0 Å². The summed E-state index contributed by atoms with van der Waals surface area (Å²) in [6.07, 6.45) is 0. The van der Waals surface area contributed by atoms with Crippen LogP contribution in [0.1, 0.15) is 0 Å². The molecule has 1 N–H and O–H groups in total. The predicted molar refractivity (Wildman–Crippen MR) is 202 cm³/mol. The summed E-state index contributed by atoms with van der Waals surface area (Å²) in [5.74, 6) is 1.94. The molecule has 0 spiro atoms. The lowest BCUT2D eigenvalue weighted by Crippen LogP contribution is -2.00. The Balaban J connectivity index is 1.15. The molecule has 0 atom stereocenters. The molecule has 0 saturated carbocycles. The van der Waals surface area contributed by atoms with Crippen LogP contribution in [0.3, 0.4) is 0 Å². The molecule has 9 rings (SSSR count). The third-order valence-electron chi connectivity index (χ3n) is 9.10. The van der Waals surface area contributed by atoms with Gasteiger partial charge in [-0.2, -0.15) is 0 Å². The Morgan fingerprint density at radius 2 is 0.673 bits per heavy atom. The smallest absolute Gasteiger partial charge is 0.164 e. The van der Waals surface area contributed by atoms with Crippen LogP contribution in [0.5, 0.6) is 0 Å². The zero-order chi connectivity index (χ0) is 32.6. The van der Waals surface area contributed by atoms with Gasteiger partial charge in [0.15, 0.2) is 17.5 Å². The van der Waals surface area contributed by atoms with Gasteiger partial charge < -0.3 is 4.98 Å². The number of H-pyrrole nitrogens is 1. The zero-order valence-electron chi connectivity index (χ0n) is 26.6. The van der Waals surface area contributed by atoms with Gasteiger partial charge in [-0.15, -0.1) is 0 Å². The SMILES string of the molecule is c1ccc(-c2ccc(-c3cccc4c3[nH]c3c(-c5cccc(-c6nc(-c7ccccc7)nc(-c7ccccc7)n6)c5)cccc34)cc2)cc1. The Bertz CT molecular complexity index is 2520. The van der Waals surface area contributed by atoms with Crippen molar-refractivity contribution in [1.29, 1.82) is 0 Å². The van der Waals surface area contributed by atoms with Gasteiger partial charge in [-0.25, -0.2) is 15.0 Å². The Morgan fingerprint density at radius 1 is 0.286 bits per heavy atom. The molecular weight excluding hydrogens is 597 g/mol. The maximum atomic E-state index is 4.97. The van der Waals surface area contributed by atoms with Crippen molar-refractivity contribution in [2.45, 2.75) is 0 Å². The minimum Gasteiger partial charge on any atom is -0.353 e. The maximum absolute atomic E-state index is 4.97. The van der Waals surface area contributed by atoms with Gasteiger partial charge >= 0.3 is 0 Å². The fourth-order valence-electron chi connectivity index (χ4n) is 6.67. The Morgan fingerprint density at radius 3 is 1.22 bits per heavy atom. The van der Waals surface area contributed by atoms with Crippen molar-refractivity contribution in [3.05, 3.63) is 176 Å².